The molecule has 0 aliphatic heterocycles. The molecule has 7 heteroatoms. The Kier molecular flexibility index (Phi) is 18.9. The van der Waals surface area contributed by atoms with Gasteiger partial charge < -0.3 is 0 Å². The molecule has 0 heterocycles. The van der Waals surface area contributed by atoms with Crippen molar-refractivity contribution in [3.63, 3.8) is 0 Å². The molecule has 0 rings (SSSR count). The summed E-state index contributed by atoms with van der Waals surface area (Å²) in [4.78, 5) is 0. The number of halogens is 6. The Morgan fingerprint density at radius 2 is 0.818 bits per heavy atom. The first-order valence-corrected chi connectivity index (χ1v) is 1.77. The van der Waals surface area contributed by atoms with Gasteiger partial charge in [0.25, 0.3) is 12.2 Å². The first-order chi connectivity index (χ1) is 4.54. The molecule has 0 atom stereocenters. The minimum Gasteiger partial charge on any atom is -0.210 e. The van der Waals surface area contributed by atoms with Crippen LogP contribution < -0.4 is 0 Å². The predicted molar refractivity (Wildman–Crippen MR) is 22.8 cm³/mol. The molecule has 0 nitrogen and oxygen atoms in total. The van der Waals surface area contributed by atoms with Gasteiger partial charge in [0.05, 0.1) is 0 Å². The SMILES string of the molecule is FC=C(F)F.FC=C(F)F.[Fe]. The van der Waals surface area contributed by atoms with Crippen LogP contribution in [0.2, 0.25) is 0 Å². The fraction of sp³-hybridized carbons (Fsp3) is 0. The van der Waals surface area contributed by atoms with E-state index in [4.69, 9.17) is 0 Å². The Hall–Kier alpha value is -0.421. The maximum Gasteiger partial charge on any atom is 0.298 e. The fourth-order valence-electron chi connectivity index (χ4n) is 0. The molecule has 0 radical (unpaired) electrons. The van der Waals surface area contributed by atoms with E-state index in [1.165, 1.54) is 0 Å². The summed E-state index contributed by atoms with van der Waals surface area (Å²) >= 11 is 0. The minimum atomic E-state index is -2.29. The van der Waals surface area contributed by atoms with E-state index in [0.29, 0.717) is 0 Å². The predicted octanol–water partition coefficient (Wildman–Crippen LogP) is 3.39. The van der Waals surface area contributed by atoms with Crippen molar-refractivity contribution >= 4 is 0 Å². The Labute approximate surface area is 69.0 Å². The van der Waals surface area contributed by atoms with Gasteiger partial charge in [-0.15, -0.1) is 0 Å². The molecule has 0 aromatic rings. The quantitative estimate of drug-likeness (QED) is 0.433. The second kappa shape index (κ2) is 12.3. The molecule has 0 aliphatic rings. The van der Waals surface area contributed by atoms with E-state index in [2.05, 4.69) is 0 Å². The van der Waals surface area contributed by atoms with Gasteiger partial charge in [0, 0.05) is 17.1 Å². The minimum absolute atomic E-state index is 0. The summed E-state index contributed by atoms with van der Waals surface area (Å²) in [6.45, 7) is 0. The fourth-order valence-corrected chi connectivity index (χ4v) is 0. The summed E-state index contributed by atoms with van der Waals surface area (Å²) in [6, 6.07) is 0. The molecule has 0 N–H and O–H groups in total. The van der Waals surface area contributed by atoms with Gasteiger partial charge in [-0.1, -0.05) is 0 Å². The summed E-state index contributed by atoms with van der Waals surface area (Å²) in [5.41, 5.74) is 0. The van der Waals surface area contributed by atoms with Crippen LogP contribution in [-0.2, 0) is 17.1 Å². The Bertz CT molecular complexity index is 107. The van der Waals surface area contributed by atoms with E-state index in [9.17, 15) is 26.3 Å². The van der Waals surface area contributed by atoms with Gasteiger partial charge in [-0.2, -0.15) is 17.6 Å². The zero-order valence-corrected chi connectivity index (χ0v) is 5.88. The van der Waals surface area contributed by atoms with E-state index < -0.39 is 24.8 Å². The molecule has 68 valence electrons. The van der Waals surface area contributed by atoms with Crippen LogP contribution in [0, 0.1) is 0 Å². The van der Waals surface area contributed by atoms with Crippen molar-refractivity contribution in [3.05, 3.63) is 24.8 Å². The van der Waals surface area contributed by atoms with Crippen LogP contribution in [0.5, 0.6) is 0 Å². The monoisotopic (exact) mass is 220 g/mol. The molecule has 0 saturated carbocycles. The van der Waals surface area contributed by atoms with Crippen molar-refractivity contribution in [2.24, 2.45) is 0 Å². The Balaban J connectivity index is -0.000000107. The van der Waals surface area contributed by atoms with E-state index in [1.54, 1.807) is 0 Å². The van der Waals surface area contributed by atoms with Crippen molar-refractivity contribution < 1.29 is 43.4 Å². The van der Waals surface area contributed by atoms with E-state index >= 15 is 0 Å². The van der Waals surface area contributed by atoms with Crippen LogP contribution >= 0.6 is 0 Å². The largest absolute Gasteiger partial charge is 0.298 e. The van der Waals surface area contributed by atoms with E-state index in [1.807, 2.05) is 0 Å². The van der Waals surface area contributed by atoms with Crippen molar-refractivity contribution in [3.8, 4) is 0 Å². The van der Waals surface area contributed by atoms with E-state index in [0.717, 1.165) is 0 Å². The van der Waals surface area contributed by atoms with Gasteiger partial charge in [0.1, 0.15) is 0 Å². The van der Waals surface area contributed by atoms with Gasteiger partial charge in [-0.05, 0) is 0 Å². The standard InChI is InChI=1S/2C2HF3.Fe/c2*3-1-2(4)5;/h2*1H;. The second-order valence-corrected chi connectivity index (χ2v) is 0.798. The van der Waals surface area contributed by atoms with Gasteiger partial charge >= 0.3 is 0 Å². The average Bonchev–Trinajstić information content (AvgIpc) is 1.89. The molecular formula is C4H2F6Fe. The summed E-state index contributed by atoms with van der Waals surface area (Å²) in [7, 11) is 0. The van der Waals surface area contributed by atoms with E-state index in [-0.39, 0.29) is 17.1 Å². The van der Waals surface area contributed by atoms with Crippen LogP contribution in [0.25, 0.3) is 0 Å². The van der Waals surface area contributed by atoms with Crippen molar-refractivity contribution in [1.29, 1.82) is 0 Å². The second-order valence-electron chi connectivity index (χ2n) is 0.798. The molecule has 0 aromatic carbocycles. The van der Waals surface area contributed by atoms with Crippen molar-refractivity contribution in [2.45, 2.75) is 0 Å². The number of hydrogen-bond acceptors (Lipinski definition) is 0. The van der Waals surface area contributed by atoms with Crippen molar-refractivity contribution in [1.82, 2.24) is 0 Å². The third kappa shape index (κ3) is 43.0. The van der Waals surface area contributed by atoms with Gasteiger partial charge in [0.2, 0.25) is 0 Å². The molecule has 0 aromatic heterocycles. The van der Waals surface area contributed by atoms with Crippen LogP contribution in [0.3, 0.4) is 0 Å². The van der Waals surface area contributed by atoms with Crippen LogP contribution in [0.15, 0.2) is 24.8 Å². The molecule has 0 saturated heterocycles. The topological polar surface area (TPSA) is 0 Å². The first-order valence-electron chi connectivity index (χ1n) is 1.77. The summed E-state index contributed by atoms with van der Waals surface area (Å²) in [5, 5.41) is 0. The van der Waals surface area contributed by atoms with Crippen molar-refractivity contribution in [2.75, 3.05) is 0 Å². The third-order valence-electron chi connectivity index (χ3n) is 0.165. The van der Waals surface area contributed by atoms with Crippen LogP contribution in [0.1, 0.15) is 0 Å². The molecule has 0 unspecified atom stereocenters. The molecule has 0 bridgehead atoms. The molecule has 0 aliphatic carbocycles. The Morgan fingerprint density at radius 1 is 0.727 bits per heavy atom. The summed E-state index contributed by atoms with van der Waals surface area (Å²) in [6.07, 6.45) is -6.07. The molecule has 0 fully saturated rings. The Morgan fingerprint density at radius 3 is 0.818 bits per heavy atom. The first kappa shape index (κ1) is 16.9. The molecule has 0 spiro atoms. The van der Waals surface area contributed by atoms with Gasteiger partial charge in [-0.3, -0.25) is 0 Å². The van der Waals surface area contributed by atoms with Gasteiger partial charge in [0.15, 0.2) is 12.7 Å². The average molecular weight is 220 g/mol. The summed E-state index contributed by atoms with van der Waals surface area (Å²) in [5.74, 6) is 0. The maximum atomic E-state index is 10.2. The zero-order valence-electron chi connectivity index (χ0n) is 4.78. The smallest absolute Gasteiger partial charge is 0.210 e. The van der Waals surface area contributed by atoms with Gasteiger partial charge in [-0.25, -0.2) is 8.78 Å². The van der Waals surface area contributed by atoms with Crippen LogP contribution in [0.4, 0.5) is 26.3 Å². The maximum absolute atomic E-state index is 10.2. The molecular weight excluding hydrogens is 218 g/mol. The number of rotatable bonds is 0. The van der Waals surface area contributed by atoms with Crippen LogP contribution in [-0.4, -0.2) is 0 Å². The third-order valence-corrected chi connectivity index (χ3v) is 0.165. The normalized spacial score (nSPS) is 6.36. The summed E-state index contributed by atoms with van der Waals surface area (Å²) < 4.78 is 61.4. The zero-order chi connectivity index (χ0) is 8.57. The number of hydrogen-bond donors (Lipinski definition) is 0. The molecule has 11 heavy (non-hydrogen) atoms. The molecule has 0 amide bonds.